The quantitative estimate of drug-likeness (QED) is 0.643. The van der Waals surface area contributed by atoms with Gasteiger partial charge in [0.15, 0.2) is 0 Å². The van der Waals surface area contributed by atoms with Crippen LogP contribution in [0.3, 0.4) is 0 Å². The lowest BCUT2D eigenvalue weighted by Crippen LogP contribution is -2.07. The van der Waals surface area contributed by atoms with E-state index in [0.29, 0.717) is 5.56 Å². The van der Waals surface area contributed by atoms with Gasteiger partial charge in [-0.25, -0.2) is 13.2 Å². The number of benzene rings is 2. The fourth-order valence-corrected chi connectivity index (χ4v) is 3.28. The molecule has 0 radical (unpaired) electrons. The molecule has 0 fully saturated rings. The first-order valence-electron chi connectivity index (χ1n) is 6.21. The molecule has 0 saturated carbocycles. The van der Waals surface area contributed by atoms with Crippen molar-refractivity contribution in [1.82, 2.24) is 0 Å². The summed E-state index contributed by atoms with van der Waals surface area (Å²) in [7, 11) is -2.59. The molecular formula is C16H14O4S. The molecule has 108 valence electrons. The summed E-state index contributed by atoms with van der Waals surface area (Å²) in [6.07, 6.45) is 0.998. The maximum Gasteiger partial charge on any atom is 0.331 e. The predicted molar refractivity (Wildman–Crippen MR) is 80.1 cm³/mol. The Balaban J connectivity index is 2.61. The van der Waals surface area contributed by atoms with Crippen molar-refractivity contribution in [1.29, 1.82) is 0 Å². The third-order valence-corrected chi connectivity index (χ3v) is 4.68. The summed E-state index contributed by atoms with van der Waals surface area (Å²) in [4.78, 5) is 11.6. The van der Waals surface area contributed by atoms with Gasteiger partial charge in [0, 0.05) is 6.08 Å². The third kappa shape index (κ3) is 3.38. The van der Waals surface area contributed by atoms with Crippen molar-refractivity contribution in [3.8, 4) is 0 Å². The van der Waals surface area contributed by atoms with E-state index in [2.05, 4.69) is 4.74 Å². The summed E-state index contributed by atoms with van der Waals surface area (Å²) in [6.45, 7) is 0. The van der Waals surface area contributed by atoms with Gasteiger partial charge in [0.25, 0.3) is 0 Å². The minimum Gasteiger partial charge on any atom is -0.466 e. The standard InChI is InChI=1S/C16H14O4S/c1-20-16(17)12-15(13-8-4-2-5-9-13)21(18,19)14-10-6-3-7-11-14/h2-12H,1H3/b15-12+. The Kier molecular flexibility index (Phi) is 4.55. The number of rotatable bonds is 4. The van der Waals surface area contributed by atoms with Gasteiger partial charge in [-0.2, -0.15) is 0 Å². The predicted octanol–water partition coefficient (Wildman–Crippen LogP) is 2.67. The molecule has 2 aromatic carbocycles. The van der Waals surface area contributed by atoms with Gasteiger partial charge >= 0.3 is 5.97 Å². The van der Waals surface area contributed by atoms with Gasteiger partial charge in [-0.3, -0.25) is 0 Å². The van der Waals surface area contributed by atoms with E-state index >= 15 is 0 Å². The van der Waals surface area contributed by atoms with Crippen molar-refractivity contribution in [2.75, 3.05) is 7.11 Å². The number of hydrogen-bond acceptors (Lipinski definition) is 4. The van der Waals surface area contributed by atoms with E-state index < -0.39 is 15.8 Å². The molecule has 0 heterocycles. The molecule has 0 aliphatic rings. The van der Waals surface area contributed by atoms with Crippen molar-refractivity contribution in [2.24, 2.45) is 0 Å². The molecule has 0 aliphatic carbocycles. The van der Waals surface area contributed by atoms with Crippen LogP contribution in [0.5, 0.6) is 0 Å². The summed E-state index contributed by atoms with van der Waals surface area (Å²) in [6, 6.07) is 16.4. The van der Waals surface area contributed by atoms with Gasteiger partial charge in [0.1, 0.15) is 0 Å². The van der Waals surface area contributed by atoms with Crippen molar-refractivity contribution in [3.63, 3.8) is 0 Å². The molecule has 21 heavy (non-hydrogen) atoms. The number of methoxy groups -OCH3 is 1. The Morgan fingerprint density at radius 1 is 0.952 bits per heavy atom. The second-order valence-electron chi connectivity index (χ2n) is 4.21. The first-order valence-corrected chi connectivity index (χ1v) is 7.69. The highest BCUT2D eigenvalue weighted by Crippen LogP contribution is 2.27. The maximum atomic E-state index is 12.7. The summed E-state index contributed by atoms with van der Waals surface area (Å²) in [5.74, 6) is -0.714. The fourth-order valence-electron chi connectivity index (χ4n) is 1.81. The summed E-state index contributed by atoms with van der Waals surface area (Å²) in [5.41, 5.74) is 0.437. The molecule has 0 bridgehead atoms. The fraction of sp³-hybridized carbons (Fsp3) is 0.0625. The Bertz CT molecular complexity index is 747. The van der Waals surface area contributed by atoms with E-state index in [1.165, 1.54) is 19.2 Å². The van der Waals surface area contributed by atoms with Gasteiger partial charge in [-0.05, 0) is 17.7 Å². The molecule has 0 aromatic heterocycles. The van der Waals surface area contributed by atoms with E-state index in [1.807, 2.05) is 0 Å². The van der Waals surface area contributed by atoms with E-state index in [-0.39, 0.29) is 9.80 Å². The van der Waals surface area contributed by atoms with Crippen LogP contribution in [0.25, 0.3) is 4.91 Å². The largest absolute Gasteiger partial charge is 0.466 e. The Morgan fingerprint density at radius 2 is 1.48 bits per heavy atom. The summed E-state index contributed by atoms with van der Waals surface area (Å²) < 4.78 is 30.0. The van der Waals surface area contributed by atoms with Crippen molar-refractivity contribution in [3.05, 3.63) is 72.3 Å². The maximum absolute atomic E-state index is 12.7. The van der Waals surface area contributed by atoms with E-state index in [4.69, 9.17) is 0 Å². The first-order chi connectivity index (χ1) is 10.1. The number of hydrogen-bond donors (Lipinski definition) is 0. The Labute approximate surface area is 123 Å². The van der Waals surface area contributed by atoms with Crippen molar-refractivity contribution >= 4 is 20.7 Å². The minimum absolute atomic E-state index is 0.0823. The van der Waals surface area contributed by atoms with Crippen LogP contribution >= 0.6 is 0 Å². The van der Waals surface area contributed by atoms with Crippen molar-refractivity contribution in [2.45, 2.75) is 4.90 Å². The molecule has 2 rings (SSSR count). The van der Waals surface area contributed by atoms with Gasteiger partial charge in [-0.1, -0.05) is 48.5 Å². The summed E-state index contributed by atoms with van der Waals surface area (Å²) in [5, 5.41) is 0. The molecule has 0 spiro atoms. The Hall–Kier alpha value is -2.40. The smallest absolute Gasteiger partial charge is 0.331 e. The van der Waals surface area contributed by atoms with Gasteiger partial charge < -0.3 is 4.74 Å². The third-order valence-electron chi connectivity index (χ3n) is 2.85. The lowest BCUT2D eigenvalue weighted by atomic mass is 10.2. The van der Waals surface area contributed by atoms with E-state index in [1.54, 1.807) is 48.5 Å². The highest BCUT2D eigenvalue weighted by atomic mass is 32.2. The molecule has 0 unspecified atom stereocenters. The van der Waals surface area contributed by atoms with E-state index in [9.17, 15) is 13.2 Å². The average Bonchev–Trinajstić information content (AvgIpc) is 2.53. The molecule has 0 aliphatic heterocycles. The molecule has 5 heteroatoms. The number of ether oxygens (including phenoxy) is 1. The number of carbonyl (C=O) groups excluding carboxylic acids is 1. The van der Waals surface area contributed by atoms with E-state index in [0.717, 1.165) is 6.08 Å². The lowest BCUT2D eigenvalue weighted by Gasteiger charge is -2.09. The second kappa shape index (κ2) is 6.37. The SMILES string of the molecule is COC(=O)/C=C(\c1ccccc1)S(=O)(=O)c1ccccc1. The van der Waals surface area contributed by atoms with Crippen LogP contribution in [-0.4, -0.2) is 21.5 Å². The zero-order chi connectivity index (χ0) is 15.3. The molecule has 0 saturated heterocycles. The van der Waals surface area contributed by atoms with Gasteiger partial charge in [0.2, 0.25) is 9.84 Å². The number of sulfone groups is 1. The molecule has 4 nitrogen and oxygen atoms in total. The van der Waals surface area contributed by atoms with Crippen LogP contribution in [0.1, 0.15) is 5.56 Å². The number of carbonyl (C=O) groups is 1. The molecule has 0 N–H and O–H groups in total. The van der Waals surface area contributed by atoms with Crippen LogP contribution in [0.4, 0.5) is 0 Å². The highest BCUT2D eigenvalue weighted by molar-refractivity contribution is 8.00. The topological polar surface area (TPSA) is 60.4 Å². The van der Waals surface area contributed by atoms with Crippen LogP contribution in [0.15, 0.2) is 71.6 Å². The lowest BCUT2D eigenvalue weighted by molar-refractivity contribution is -0.134. The van der Waals surface area contributed by atoms with Crippen LogP contribution in [0.2, 0.25) is 0 Å². The van der Waals surface area contributed by atoms with Crippen molar-refractivity contribution < 1.29 is 17.9 Å². The molecule has 0 amide bonds. The van der Waals surface area contributed by atoms with Crippen LogP contribution < -0.4 is 0 Å². The highest BCUT2D eigenvalue weighted by Gasteiger charge is 2.23. The van der Waals surface area contributed by atoms with Crippen LogP contribution in [0, 0.1) is 0 Å². The number of esters is 1. The molecule has 0 atom stereocenters. The second-order valence-corrected chi connectivity index (χ2v) is 6.13. The van der Waals surface area contributed by atoms with Gasteiger partial charge in [-0.15, -0.1) is 0 Å². The molecular weight excluding hydrogens is 288 g/mol. The Morgan fingerprint density at radius 3 is 2.00 bits per heavy atom. The summed E-state index contributed by atoms with van der Waals surface area (Å²) >= 11 is 0. The monoisotopic (exact) mass is 302 g/mol. The normalized spacial score (nSPS) is 12.0. The van der Waals surface area contributed by atoms with Crippen LogP contribution in [-0.2, 0) is 19.4 Å². The zero-order valence-electron chi connectivity index (χ0n) is 11.4. The minimum atomic E-state index is -3.80. The van der Waals surface area contributed by atoms with Gasteiger partial charge in [0.05, 0.1) is 16.9 Å². The average molecular weight is 302 g/mol. The first kappa shape index (κ1) is 15.0. The molecule has 2 aromatic rings. The zero-order valence-corrected chi connectivity index (χ0v) is 12.2.